The predicted octanol–water partition coefficient (Wildman–Crippen LogP) is 1.07. The summed E-state index contributed by atoms with van der Waals surface area (Å²) in [6.07, 6.45) is 4.87. The number of aliphatic carboxylic acids is 1. The number of anilines is 1. The van der Waals surface area contributed by atoms with E-state index in [1.54, 1.807) is 6.92 Å². The fourth-order valence-electron chi connectivity index (χ4n) is 1.34. The Labute approximate surface area is 118 Å². The van der Waals surface area contributed by atoms with Crippen LogP contribution in [-0.4, -0.2) is 34.7 Å². The summed E-state index contributed by atoms with van der Waals surface area (Å²) in [7, 11) is -3.75. The number of carboxylic acids is 1. The molecule has 2 rings (SSSR count). The number of rotatable bonds is 5. The maximum atomic E-state index is 12.0. The van der Waals surface area contributed by atoms with E-state index in [9.17, 15) is 13.2 Å². The van der Waals surface area contributed by atoms with Crippen molar-refractivity contribution >= 4 is 38.5 Å². The summed E-state index contributed by atoms with van der Waals surface area (Å²) in [4.78, 5) is 14.8. The number of carboxylic acid groups (broad SMARTS) is 1. The van der Waals surface area contributed by atoms with Crippen molar-refractivity contribution in [2.24, 2.45) is 0 Å². The second kappa shape index (κ2) is 5.43. The number of hydrogen-bond acceptors (Lipinski definition) is 6. The summed E-state index contributed by atoms with van der Waals surface area (Å²) in [6.45, 7) is 1.59. The maximum Gasteiger partial charge on any atom is 0.328 e. The zero-order chi connectivity index (χ0) is 14.8. The van der Waals surface area contributed by atoms with E-state index < -0.39 is 16.0 Å². The molecule has 0 radical (unpaired) electrons. The summed E-state index contributed by atoms with van der Waals surface area (Å²) < 4.78 is 26.4. The van der Waals surface area contributed by atoms with Crippen LogP contribution in [0.1, 0.15) is 10.6 Å². The molecule has 20 heavy (non-hydrogen) atoms. The van der Waals surface area contributed by atoms with E-state index >= 15 is 0 Å². The third-order valence-electron chi connectivity index (χ3n) is 2.21. The van der Waals surface area contributed by atoms with E-state index in [0.29, 0.717) is 10.6 Å². The average Bonchev–Trinajstić information content (AvgIpc) is 2.95. The highest BCUT2D eigenvalue weighted by Crippen LogP contribution is 2.23. The topological polar surface area (TPSA) is 125 Å². The quantitative estimate of drug-likeness (QED) is 0.709. The molecule has 0 fully saturated rings. The van der Waals surface area contributed by atoms with Crippen LogP contribution in [0, 0.1) is 6.92 Å². The van der Waals surface area contributed by atoms with Crippen LogP contribution in [0.2, 0.25) is 0 Å². The van der Waals surface area contributed by atoms with Crippen LogP contribution >= 0.6 is 11.3 Å². The minimum absolute atomic E-state index is 0.0373. The van der Waals surface area contributed by atoms with Crippen LogP contribution in [0.4, 0.5) is 5.13 Å². The zero-order valence-electron chi connectivity index (χ0n) is 10.2. The highest BCUT2D eigenvalue weighted by atomic mass is 32.2. The van der Waals surface area contributed by atoms with Crippen LogP contribution in [0.25, 0.3) is 6.08 Å². The molecule has 0 atom stereocenters. The Balaban J connectivity index is 2.19. The minimum atomic E-state index is -3.75. The second-order valence-corrected chi connectivity index (χ2v) is 6.42. The molecule has 2 heterocycles. The van der Waals surface area contributed by atoms with Crippen molar-refractivity contribution in [1.29, 1.82) is 0 Å². The lowest BCUT2D eigenvalue weighted by atomic mass is 10.4. The molecular formula is C10H10N4O4S2. The Hall–Kier alpha value is -2.20. The van der Waals surface area contributed by atoms with E-state index in [0.717, 1.165) is 17.4 Å². The molecule has 0 saturated heterocycles. The Morgan fingerprint density at radius 2 is 2.25 bits per heavy atom. The molecule has 0 amide bonds. The Morgan fingerprint density at radius 1 is 1.50 bits per heavy atom. The third-order valence-corrected chi connectivity index (χ3v) is 4.67. The van der Waals surface area contributed by atoms with E-state index in [1.165, 1.54) is 18.5 Å². The highest BCUT2D eigenvalue weighted by Gasteiger charge is 2.19. The van der Waals surface area contributed by atoms with Gasteiger partial charge >= 0.3 is 5.97 Å². The molecule has 10 heteroatoms. The van der Waals surface area contributed by atoms with Gasteiger partial charge in [0.15, 0.2) is 5.13 Å². The molecule has 0 aliphatic heterocycles. The Bertz CT molecular complexity index is 760. The van der Waals surface area contributed by atoms with Crippen molar-refractivity contribution in [1.82, 2.24) is 15.2 Å². The molecule has 2 aromatic rings. The number of hydrogen-bond donors (Lipinski definition) is 3. The number of H-pyrrole nitrogens is 1. The van der Waals surface area contributed by atoms with Gasteiger partial charge in [-0.3, -0.25) is 9.82 Å². The molecule has 0 saturated carbocycles. The normalized spacial score (nSPS) is 11.8. The number of sulfonamides is 1. The average molecular weight is 314 g/mol. The number of aromatic nitrogens is 3. The third kappa shape index (κ3) is 3.22. The van der Waals surface area contributed by atoms with Crippen molar-refractivity contribution < 1.29 is 18.3 Å². The first-order valence-electron chi connectivity index (χ1n) is 5.28. The molecule has 2 aromatic heterocycles. The minimum Gasteiger partial charge on any atom is -0.478 e. The summed E-state index contributed by atoms with van der Waals surface area (Å²) in [5, 5.41) is 14.8. The molecule has 0 aliphatic rings. The molecular weight excluding hydrogens is 304 g/mol. The smallest absolute Gasteiger partial charge is 0.328 e. The molecule has 3 N–H and O–H groups in total. The van der Waals surface area contributed by atoms with Gasteiger partial charge in [0, 0.05) is 17.2 Å². The molecule has 0 aromatic carbocycles. The van der Waals surface area contributed by atoms with Crippen molar-refractivity contribution in [2.75, 3.05) is 4.72 Å². The number of nitrogens with zero attached hydrogens (tertiary/aromatic N) is 2. The van der Waals surface area contributed by atoms with Gasteiger partial charge in [-0.2, -0.15) is 5.10 Å². The Morgan fingerprint density at radius 3 is 2.85 bits per heavy atom. The molecule has 0 spiro atoms. The van der Waals surface area contributed by atoms with Crippen molar-refractivity contribution in [3.05, 3.63) is 29.0 Å². The number of thiazole rings is 1. The lowest BCUT2D eigenvalue weighted by Gasteiger charge is -2.02. The molecule has 0 unspecified atom stereocenters. The SMILES string of the molecule is Cc1[nH]ncc1S(=O)(=O)Nc1ncc(C=CC(=O)O)s1. The first kappa shape index (κ1) is 14.2. The van der Waals surface area contributed by atoms with Gasteiger partial charge in [-0.05, 0) is 13.0 Å². The number of carbonyl (C=O) groups is 1. The van der Waals surface area contributed by atoms with E-state index in [2.05, 4.69) is 19.9 Å². The van der Waals surface area contributed by atoms with Gasteiger partial charge in [0.05, 0.1) is 11.9 Å². The summed E-state index contributed by atoms with van der Waals surface area (Å²) in [5.74, 6) is -1.09. The van der Waals surface area contributed by atoms with Crippen LogP contribution in [0.5, 0.6) is 0 Å². The predicted molar refractivity (Wildman–Crippen MR) is 72.9 cm³/mol. The number of nitrogens with one attached hydrogen (secondary N) is 2. The summed E-state index contributed by atoms with van der Waals surface area (Å²) >= 11 is 1.02. The molecule has 106 valence electrons. The monoisotopic (exact) mass is 314 g/mol. The molecule has 0 bridgehead atoms. The molecule has 8 nitrogen and oxygen atoms in total. The zero-order valence-corrected chi connectivity index (χ0v) is 11.8. The van der Waals surface area contributed by atoms with Crippen molar-refractivity contribution in [2.45, 2.75) is 11.8 Å². The highest BCUT2D eigenvalue weighted by molar-refractivity contribution is 7.93. The fourth-order valence-corrected chi connectivity index (χ4v) is 3.44. The van der Waals surface area contributed by atoms with Crippen LogP contribution in [-0.2, 0) is 14.8 Å². The summed E-state index contributed by atoms with van der Waals surface area (Å²) in [5.41, 5.74) is 0.417. The van der Waals surface area contributed by atoms with Gasteiger partial charge in [-0.15, -0.1) is 0 Å². The first-order chi connectivity index (χ1) is 9.38. The van der Waals surface area contributed by atoms with Gasteiger partial charge in [0.1, 0.15) is 4.90 Å². The summed E-state index contributed by atoms with van der Waals surface area (Å²) in [6, 6.07) is 0. The van der Waals surface area contributed by atoms with Gasteiger partial charge < -0.3 is 5.11 Å². The van der Waals surface area contributed by atoms with E-state index in [-0.39, 0.29) is 10.0 Å². The standard InChI is InChI=1S/C10H10N4O4S2/c1-6-8(5-12-13-6)20(17,18)14-10-11-4-7(19-10)2-3-9(15)16/h2-5H,1H3,(H,11,14)(H,12,13)(H,15,16). The first-order valence-corrected chi connectivity index (χ1v) is 7.58. The van der Waals surface area contributed by atoms with Gasteiger partial charge in [-0.1, -0.05) is 11.3 Å². The van der Waals surface area contributed by atoms with Crippen LogP contribution in [0.15, 0.2) is 23.4 Å². The van der Waals surface area contributed by atoms with Crippen molar-refractivity contribution in [3.63, 3.8) is 0 Å². The second-order valence-electron chi connectivity index (χ2n) is 3.70. The number of aryl methyl sites for hydroxylation is 1. The van der Waals surface area contributed by atoms with Crippen molar-refractivity contribution in [3.8, 4) is 0 Å². The molecule has 0 aliphatic carbocycles. The largest absolute Gasteiger partial charge is 0.478 e. The van der Waals surface area contributed by atoms with Crippen LogP contribution < -0.4 is 4.72 Å². The van der Waals surface area contributed by atoms with Gasteiger partial charge in [-0.25, -0.2) is 18.2 Å². The van der Waals surface area contributed by atoms with Gasteiger partial charge in [0.25, 0.3) is 10.0 Å². The number of aromatic amines is 1. The van der Waals surface area contributed by atoms with E-state index in [1.807, 2.05) is 0 Å². The van der Waals surface area contributed by atoms with Crippen LogP contribution in [0.3, 0.4) is 0 Å². The maximum absolute atomic E-state index is 12.0. The fraction of sp³-hybridized carbons (Fsp3) is 0.100. The Kier molecular flexibility index (Phi) is 3.86. The lowest BCUT2D eigenvalue weighted by Crippen LogP contribution is -2.13. The van der Waals surface area contributed by atoms with E-state index in [4.69, 9.17) is 5.11 Å². The van der Waals surface area contributed by atoms with Gasteiger partial charge in [0.2, 0.25) is 0 Å². The lowest BCUT2D eigenvalue weighted by molar-refractivity contribution is -0.131.